The summed E-state index contributed by atoms with van der Waals surface area (Å²) < 4.78 is 4.75. The zero-order valence-corrected chi connectivity index (χ0v) is 12.2. The minimum absolute atomic E-state index is 0.0958. The molecule has 108 valence electrons. The van der Waals surface area contributed by atoms with Gasteiger partial charge in [0.2, 0.25) is 0 Å². The summed E-state index contributed by atoms with van der Waals surface area (Å²) in [6, 6.07) is 6.67. The SMILES string of the molecule is COC(=O)C1CN(C(=O)Nc2ccc(Cl)cc2)CC1C. The molecule has 0 aliphatic carbocycles. The van der Waals surface area contributed by atoms with Crippen molar-refractivity contribution < 1.29 is 14.3 Å². The van der Waals surface area contributed by atoms with Crippen LogP contribution in [0.25, 0.3) is 0 Å². The monoisotopic (exact) mass is 296 g/mol. The largest absolute Gasteiger partial charge is 0.469 e. The number of likely N-dealkylation sites (tertiary alicyclic amines) is 1. The molecule has 1 aliphatic rings. The van der Waals surface area contributed by atoms with Crippen LogP contribution < -0.4 is 5.32 Å². The molecule has 1 saturated heterocycles. The highest BCUT2D eigenvalue weighted by Crippen LogP contribution is 2.25. The number of amides is 2. The molecule has 2 amide bonds. The molecule has 20 heavy (non-hydrogen) atoms. The number of hydrogen-bond donors (Lipinski definition) is 1. The lowest BCUT2D eigenvalue weighted by Gasteiger charge is -2.17. The molecule has 1 fully saturated rings. The van der Waals surface area contributed by atoms with Gasteiger partial charge in [0.1, 0.15) is 0 Å². The minimum Gasteiger partial charge on any atom is -0.469 e. The van der Waals surface area contributed by atoms with Crippen molar-refractivity contribution in [3.8, 4) is 0 Å². The summed E-state index contributed by atoms with van der Waals surface area (Å²) >= 11 is 5.79. The van der Waals surface area contributed by atoms with E-state index in [1.165, 1.54) is 7.11 Å². The van der Waals surface area contributed by atoms with Crippen molar-refractivity contribution in [2.24, 2.45) is 11.8 Å². The van der Waals surface area contributed by atoms with Crippen LogP contribution >= 0.6 is 11.6 Å². The van der Waals surface area contributed by atoms with Crippen molar-refractivity contribution in [1.29, 1.82) is 0 Å². The summed E-state index contributed by atoms with van der Waals surface area (Å²) in [6.07, 6.45) is 0. The van der Waals surface area contributed by atoms with E-state index >= 15 is 0 Å². The number of nitrogens with one attached hydrogen (secondary N) is 1. The Morgan fingerprint density at radius 1 is 1.30 bits per heavy atom. The highest BCUT2D eigenvalue weighted by molar-refractivity contribution is 6.30. The summed E-state index contributed by atoms with van der Waals surface area (Å²) in [5.74, 6) is -0.423. The third-order valence-electron chi connectivity index (χ3n) is 3.50. The predicted molar refractivity (Wildman–Crippen MR) is 76.7 cm³/mol. The molecular weight excluding hydrogens is 280 g/mol. The lowest BCUT2D eigenvalue weighted by molar-refractivity contribution is -0.145. The van der Waals surface area contributed by atoms with E-state index in [0.29, 0.717) is 23.8 Å². The van der Waals surface area contributed by atoms with E-state index in [4.69, 9.17) is 16.3 Å². The van der Waals surface area contributed by atoms with Crippen LogP contribution in [0.1, 0.15) is 6.92 Å². The number of carbonyl (C=O) groups is 2. The number of carbonyl (C=O) groups excluding carboxylic acids is 2. The fourth-order valence-corrected chi connectivity index (χ4v) is 2.45. The van der Waals surface area contributed by atoms with E-state index in [0.717, 1.165) is 0 Å². The maximum atomic E-state index is 12.1. The van der Waals surface area contributed by atoms with Crippen molar-refractivity contribution in [2.75, 3.05) is 25.5 Å². The molecule has 1 N–H and O–H groups in total. The van der Waals surface area contributed by atoms with Gasteiger partial charge in [-0.05, 0) is 30.2 Å². The topological polar surface area (TPSA) is 58.6 Å². The van der Waals surface area contributed by atoms with E-state index in [1.807, 2.05) is 6.92 Å². The van der Waals surface area contributed by atoms with Gasteiger partial charge in [0.05, 0.1) is 13.0 Å². The molecule has 2 rings (SSSR count). The Labute approximate surface area is 122 Å². The summed E-state index contributed by atoms with van der Waals surface area (Å²) in [5, 5.41) is 3.40. The second kappa shape index (κ2) is 6.13. The van der Waals surface area contributed by atoms with E-state index in [9.17, 15) is 9.59 Å². The average Bonchev–Trinajstić information content (AvgIpc) is 2.82. The van der Waals surface area contributed by atoms with Crippen molar-refractivity contribution in [3.63, 3.8) is 0 Å². The number of urea groups is 1. The summed E-state index contributed by atoms with van der Waals surface area (Å²) in [5.41, 5.74) is 0.675. The van der Waals surface area contributed by atoms with Gasteiger partial charge >= 0.3 is 12.0 Å². The van der Waals surface area contributed by atoms with E-state index < -0.39 is 0 Å². The molecule has 0 bridgehead atoms. The number of halogens is 1. The van der Waals surface area contributed by atoms with Crippen LogP contribution in [0.2, 0.25) is 5.02 Å². The predicted octanol–water partition coefficient (Wildman–Crippen LogP) is 2.61. The summed E-state index contributed by atoms with van der Waals surface area (Å²) in [4.78, 5) is 25.4. The smallest absolute Gasteiger partial charge is 0.321 e. The first-order valence-electron chi connectivity index (χ1n) is 6.40. The quantitative estimate of drug-likeness (QED) is 0.854. The Bertz CT molecular complexity index is 504. The molecular formula is C14H17ClN2O3. The van der Waals surface area contributed by atoms with Gasteiger partial charge in [0, 0.05) is 23.8 Å². The zero-order chi connectivity index (χ0) is 14.7. The van der Waals surface area contributed by atoms with Gasteiger partial charge in [-0.25, -0.2) is 4.79 Å². The number of hydrogen-bond acceptors (Lipinski definition) is 3. The highest BCUT2D eigenvalue weighted by atomic mass is 35.5. The van der Waals surface area contributed by atoms with Crippen molar-refractivity contribution in [3.05, 3.63) is 29.3 Å². The lowest BCUT2D eigenvalue weighted by Crippen LogP contribution is -2.34. The van der Waals surface area contributed by atoms with Gasteiger partial charge in [-0.15, -0.1) is 0 Å². The van der Waals surface area contributed by atoms with Crippen LogP contribution in [-0.2, 0) is 9.53 Å². The maximum absolute atomic E-state index is 12.1. The fourth-order valence-electron chi connectivity index (χ4n) is 2.33. The molecule has 1 aliphatic heterocycles. The minimum atomic E-state index is -0.265. The van der Waals surface area contributed by atoms with Gasteiger partial charge in [0.25, 0.3) is 0 Å². The zero-order valence-electron chi connectivity index (χ0n) is 11.4. The van der Waals surface area contributed by atoms with Crippen LogP contribution in [0.15, 0.2) is 24.3 Å². The Morgan fingerprint density at radius 2 is 1.95 bits per heavy atom. The Morgan fingerprint density at radius 3 is 2.55 bits per heavy atom. The van der Waals surface area contributed by atoms with Crippen LogP contribution in [0.5, 0.6) is 0 Å². The standard InChI is InChI=1S/C14H17ClN2O3/c1-9-7-17(8-12(9)13(18)20-2)14(19)16-11-5-3-10(15)4-6-11/h3-6,9,12H,7-8H2,1-2H3,(H,16,19). The Kier molecular flexibility index (Phi) is 4.49. The van der Waals surface area contributed by atoms with Crippen molar-refractivity contribution >= 4 is 29.3 Å². The third kappa shape index (κ3) is 3.22. The second-order valence-electron chi connectivity index (χ2n) is 4.95. The average molecular weight is 297 g/mol. The Balaban J connectivity index is 1.97. The molecule has 0 saturated carbocycles. The molecule has 1 heterocycles. The molecule has 6 heteroatoms. The van der Waals surface area contributed by atoms with Gasteiger partial charge in [0.15, 0.2) is 0 Å². The molecule has 0 spiro atoms. The van der Waals surface area contributed by atoms with Gasteiger partial charge in [-0.1, -0.05) is 18.5 Å². The number of nitrogens with zero attached hydrogens (tertiary/aromatic N) is 1. The number of methoxy groups -OCH3 is 1. The van der Waals surface area contributed by atoms with Gasteiger partial charge < -0.3 is 15.0 Å². The van der Waals surface area contributed by atoms with Crippen LogP contribution in [-0.4, -0.2) is 37.1 Å². The number of esters is 1. The normalized spacial score (nSPS) is 21.6. The van der Waals surface area contributed by atoms with E-state index in [1.54, 1.807) is 29.2 Å². The summed E-state index contributed by atoms with van der Waals surface area (Å²) in [6.45, 7) is 2.86. The van der Waals surface area contributed by atoms with Crippen molar-refractivity contribution in [1.82, 2.24) is 4.90 Å². The van der Waals surface area contributed by atoms with Crippen LogP contribution in [0.3, 0.4) is 0 Å². The van der Waals surface area contributed by atoms with E-state index in [2.05, 4.69) is 5.32 Å². The first kappa shape index (κ1) is 14.7. The van der Waals surface area contributed by atoms with Crippen LogP contribution in [0, 0.1) is 11.8 Å². The second-order valence-corrected chi connectivity index (χ2v) is 5.39. The first-order chi connectivity index (χ1) is 9.51. The van der Waals surface area contributed by atoms with Gasteiger partial charge in [-0.2, -0.15) is 0 Å². The summed E-state index contributed by atoms with van der Waals surface area (Å²) in [7, 11) is 1.37. The number of benzene rings is 1. The first-order valence-corrected chi connectivity index (χ1v) is 6.78. The fraction of sp³-hybridized carbons (Fsp3) is 0.429. The maximum Gasteiger partial charge on any atom is 0.321 e. The van der Waals surface area contributed by atoms with E-state index in [-0.39, 0.29) is 23.8 Å². The molecule has 5 nitrogen and oxygen atoms in total. The van der Waals surface area contributed by atoms with Crippen LogP contribution in [0.4, 0.5) is 10.5 Å². The third-order valence-corrected chi connectivity index (χ3v) is 3.75. The highest BCUT2D eigenvalue weighted by Gasteiger charge is 2.37. The van der Waals surface area contributed by atoms with Crippen molar-refractivity contribution in [2.45, 2.75) is 6.92 Å². The lowest BCUT2D eigenvalue weighted by atomic mass is 9.99. The molecule has 1 aromatic carbocycles. The number of rotatable bonds is 2. The number of ether oxygens (including phenoxy) is 1. The molecule has 0 aromatic heterocycles. The van der Waals surface area contributed by atoms with Gasteiger partial charge in [-0.3, -0.25) is 4.79 Å². The molecule has 2 atom stereocenters. The number of anilines is 1. The Hall–Kier alpha value is -1.75. The molecule has 1 aromatic rings. The molecule has 0 radical (unpaired) electrons. The molecule has 2 unspecified atom stereocenters.